The molecule has 0 atom stereocenters. The summed E-state index contributed by atoms with van der Waals surface area (Å²) < 4.78 is 22.6. The van der Waals surface area contributed by atoms with Gasteiger partial charge in [0, 0.05) is 114 Å². The Kier molecular flexibility index (Phi) is 22.5. The van der Waals surface area contributed by atoms with Crippen LogP contribution in [0, 0.1) is 0 Å². The smallest absolute Gasteiger partial charge is 0.306 e. The largest absolute Gasteiger partial charge is 0.466 e. The van der Waals surface area contributed by atoms with Crippen LogP contribution in [0.2, 0.25) is 10.0 Å². The SMILES string of the molecule is CCOC(=O)CCC1=Cc2nc1c(-c1ccc(N(c3ccccc3)c3ccccc3)cc1)c1[nH]c(cc1CCC(=O)OCC)c(-c1ccccc1Cl)c1nc(c(-c3ccc(N(c4ccccc4)c4ccccc4)cc3)c3[nH]c(cc3CCC(=O)OCC)c2-c2ccccc2Cl)C(CCC(=O)OCC)=C1. The lowest BCUT2D eigenvalue weighted by atomic mass is 9.94. The first kappa shape index (κ1) is 70.8. The van der Waals surface area contributed by atoms with Crippen LogP contribution in [0.1, 0.15) is 100 Å². The number of nitrogens with one attached hydrogen (secondary N) is 2. The van der Waals surface area contributed by atoms with E-state index >= 15 is 0 Å². The van der Waals surface area contributed by atoms with Crippen molar-refractivity contribution in [1.29, 1.82) is 0 Å². The van der Waals surface area contributed by atoms with Crippen molar-refractivity contribution in [2.75, 3.05) is 36.2 Å². The molecule has 0 fully saturated rings. The van der Waals surface area contributed by atoms with Crippen molar-refractivity contribution in [3.8, 4) is 44.5 Å². The lowest BCUT2D eigenvalue weighted by Gasteiger charge is -2.25. The van der Waals surface area contributed by atoms with Crippen molar-refractivity contribution in [3.63, 3.8) is 0 Å². The number of hydrogen-bond donors (Lipinski definition) is 2. The van der Waals surface area contributed by atoms with Crippen molar-refractivity contribution >= 4 is 127 Å². The average Bonchev–Trinajstić information content (AvgIpc) is 1.58. The lowest BCUT2D eigenvalue weighted by molar-refractivity contribution is -0.144. The van der Waals surface area contributed by atoms with Gasteiger partial charge < -0.3 is 38.7 Å². The van der Waals surface area contributed by atoms with Crippen LogP contribution in [0.15, 0.2) is 231 Å². The molecule has 2 N–H and O–H groups in total. The van der Waals surface area contributed by atoms with Crippen LogP contribution >= 0.6 is 23.2 Å². The molecule has 104 heavy (non-hydrogen) atoms. The molecule has 0 aliphatic carbocycles. The Bertz CT molecular complexity index is 4790. The fraction of sp³-hybridized carbons (Fsp3) is 0.182. The first-order valence-electron chi connectivity index (χ1n) is 35.3. The molecule has 0 saturated carbocycles. The molecule has 3 aromatic heterocycles. The maximum absolute atomic E-state index is 13.9. The summed E-state index contributed by atoms with van der Waals surface area (Å²) in [6.45, 7) is 7.93. The van der Waals surface area contributed by atoms with Crippen LogP contribution in [-0.2, 0) is 51.0 Å². The Morgan fingerprint density at radius 1 is 0.356 bits per heavy atom. The topological polar surface area (TPSA) is 169 Å². The van der Waals surface area contributed by atoms with Gasteiger partial charge in [0.2, 0.25) is 0 Å². The van der Waals surface area contributed by atoms with Gasteiger partial charge in [-0.05, 0) is 196 Å². The number of hydrogen-bond acceptors (Lipinski definition) is 12. The van der Waals surface area contributed by atoms with Crippen LogP contribution in [0.3, 0.4) is 0 Å². The van der Waals surface area contributed by atoms with Crippen molar-refractivity contribution in [2.45, 2.75) is 79.1 Å². The highest BCUT2D eigenvalue weighted by Crippen LogP contribution is 2.48. The number of aryl methyl sites for hydroxylation is 2. The molecule has 0 saturated heterocycles. The molecule has 2 aliphatic rings. The number of benzene rings is 8. The highest BCUT2D eigenvalue weighted by Gasteiger charge is 2.29. The van der Waals surface area contributed by atoms with Crippen LogP contribution in [0.25, 0.3) is 89.9 Å². The molecule has 0 unspecified atom stereocenters. The third-order valence-electron chi connectivity index (χ3n) is 18.3. The molecule has 16 heteroatoms. The minimum atomic E-state index is -0.383. The lowest BCUT2D eigenvalue weighted by Crippen LogP contribution is -2.09. The van der Waals surface area contributed by atoms with E-state index in [1.165, 1.54) is 0 Å². The van der Waals surface area contributed by atoms with Gasteiger partial charge in [-0.15, -0.1) is 0 Å². The Hall–Kier alpha value is -11.6. The van der Waals surface area contributed by atoms with Gasteiger partial charge in [0.15, 0.2) is 0 Å². The molecule has 11 aromatic rings. The number of aromatic nitrogens is 4. The number of ether oxygens (including phenoxy) is 4. The van der Waals surface area contributed by atoms with E-state index in [0.717, 1.165) is 56.4 Å². The third kappa shape index (κ3) is 15.7. The van der Waals surface area contributed by atoms with Crippen LogP contribution in [0.5, 0.6) is 0 Å². The third-order valence-corrected chi connectivity index (χ3v) is 19.0. The summed E-state index contributed by atoms with van der Waals surface area (Å²) in [6, 6.07) is 76.7. The molecule has 13 rings (SSSR count). The molecule has 0 radical (unpaired) electrons. The van der Waals surface area contributed by atoms with Gasteiger partial charge >= 0.3 is 23.9 Å². The quantitative estimate of drug-likeness (QED) is 0.0389. The number of aromatic amines is 2. The second kappa shape index (κ2) is 33.0. The van der Waals surface area contributed by atoms with E-state index in [1.807, 2.05) is 133 Å². The van der Waals surface area contributed by atoms with Crippen LogP contribution in [0.4, 0.5) is 34.1 Å². The first-order valence-corrected chi connectivity index (χ1v) is 36.1. The standard InChI is InChI=1S/C88H78Cl2N6O8/c1-5-101-77(97)49-41-59-53-73-83(69-33-21-23-35-71(69)89)74-55-61(43-51-79(99)103-7-3)87(93-74)82(58-39-47-68(48-40-58)96(65-29-17-11-18-30-65)66-31-19-12-20-32-66)88-62(44-52-80(100)104-8-4)56-76(94-88)84(70-34-22-24-36-72(70)90)75-54-60(42-50-78(98)102-6-2)86(92-75)81(85(59)91-73)57-37-45-67(46-38-57)95(63-25-13-9-14-26-63)64-27-15-10-16-28-64/h9-40,45-48,53-56,91,94H,5-8,41-44,49-52H2,1-4H3. The summed E-state index contributed by atoms with van der Waals surface area (Å²) >= 11 is 15.0. The number of H-pyrrole nitrogens is 2. The van der Waals surface area contributed by atoms with Crippen molar-refractivity contribution in [2.24, 2.45) is 0 Å². The number of carbonyl (C=O) groups excluding carboxylic acids is 4. The Balaban J connectivity index is 1.22. The molecule has 2 aliphatic heterocycles. The van der Waals surface area contributed by atoms with Gasteiger partial charge in [0.25, 0.3) is 0 Å². The zero-order valence-corrected chi connectivity index (χ0v) is 59.9. The van der Waals surface area contributed by atoms with Gasteiger partial charge in [-0.2, -0.15) is 0 Å². The summed E-state index contributed by atoms with van der Waals surface area (Å²) in [5.41, 5.74) is 18.4. The molecule has 522 valence electrons. The zero-order valence-electron chi connectivity index (χ0n) is 58.4. The van der Waals surface area contributed by atoms with Crippen molar-refractivity contribution in [1.82, 2.24) is 19.9 Å². The normalized spacial score (nSPS) is 11.7. The highest BCUT2D eigenvalue weighted by atomic mass is 35.5. The number of fused-ring (bicyclic) bond motifs is 8. The number of esters is 4. The van der Waals surface area contributed by atoms with Gasteiger partial charge in [0.05, 0.1) is 60.2 Å². The Morgan fingerprint density at radius 2 is 0.644 bits per heavy atom. The monoisotopic (exact) mass is 1420 g/mol. The molecular formula is C88H78Cl2N6O8. The first-order chi connectivity index (χ1) is 50.9. The van der Waals surface area contributed by atoms with E-state index in [2.05, 4.69) is 129 Å². The minimum Gasteiger partial charge on any atom is -0.466 e. The van der Waals surface area contributed by atoms with Gasteiger partial charge in [0.1, 0.15) is 0 Å². The van der Waals surface area contributed by atoms with Gasteiger partial charge in [-0.3, -0.25) is 19.2 Å². The maximum atomic E-state index is 13.9. The predicted molar refractivity (Wildman–Crippen MR) is 420 cm³/mol. The minimum absolute atomic E-state index is 0.0123. The van der Waals surface area contributed by atoms with Gasteiger partial charge in [-0.1, -0.05) is 157 Å². The number of rotatable bonds is 26. The molecular weight excluding hydrogens is 1340 g/mol. The number of para-hydroxylation sites is 4. The van der Waals surface area contributed by atoms with E-state index < -0.39 is 0 Å². The number of carbonyl (C=O) groups is 4. The van der Waals surface area contributed by atoms with E-state index in [-0.39, 0.29) is 102 Å². The van der Waals surface area contributed by atoms with Crippen LogP contribution in [-0.4, -0.2) is 70.2 Å². The zero-order chi connectivity index (χ0) is 72.1. The summed E-state index contributed by atoms with van der Waals surface area (Å²) in [5.74, 6) is -1.53. The second-order valence-electron chi connectivity index (χ2n) is 25.0. The van der Waals surface area contributed by atoms with Crippen LogP contribution < -0.4 is 9.80 Å². The molecule has 8 aromatic carbocycles. The maximum Gasteiger partial charge on any atom is 0.306 e. The molecule has 14 nitrogen and oxygen atoms in total. The summed E-state index contributed by atoms with van der Waals surface area (Å²) in [6.07, 6.45) is 4.95. The van der Waals surface area contributed by atoms with Crippen molar-refractivity contribution < 1.29 is 38.1 Å². The second-order valence-corrected chi connectivity index (χ2v) is 25.8. The highest BCUT2D eigenvalue weighted by molar-refractivity contribution is 6.34. The molecule has 8 bridgehead atoms. The van der Waals surface area contributed by atoms with Crippen molar-refractivity contribution in [3.05, 3.63) is 274 Å². The predicted octanol–water partition coefficient (Wildman–Crippen LogP) is 22.0. The van der Waals surface area contributed by atoms with Gasteiger partial charge in [-0.25, -0.2) is 9.97 Å². The summed E-state index contributed by atoms with van der Waals surface area (Å²) in [5, 5.41) is 0.866. The number of anilines is 6. The molecule has 5 heterocycles. The fourth-order valence-electron chi connectivity index (χ4n) is 13.7. The van der Waals surface area contributed by atoms with E-state index in [4.69, 9.17) is 52.1 Å². The Morgan fingerprint density at radius 3 is 0.952 bits per heavy atom. The van der Waals surface area contributed by atoms with E-state index in [0.29, 0.717) is 99.4 Å². The number of allylic oxidation sites excluding steroid dienone is 2. The summed E-state index contributed by atoms with van der Waals surface area (Å²) in [7, 11) is 0. The number of nitrogens with zero attached hydrogens (tertiary/aromatic N) is 4. The molecule has 0 amide bonds. The number of halogens is 2. The fourth-order valence-corrected chi connectivity index (χ4v) is 14.2. The van der Waals surface area contributed by atoms with E-state index in [9.17, 15) is 19.2 Å². The average molecular weight is 1420 g/mol. The summed E-state index contributed by atoms with van der Waals surface area (Å²) in [4.78, 5) is 79.5. The van der Waals surface area contributed by atoms with E-state index in [1.54, 1.807) is 27.7 Å². The molecule has 0 spiro atoms. The Labute approximate surface area is 615 Å².